The zero-order valence-electron chi connectivity index (χ0n) is 15.7. The number of piperidine rings is 1. The average molecular weight is 328 g/mol. The molecule has 3 aliphatic carbocycles. The van der Waals surface area contributed by atoms with Crippen molar-refractivity contribution in [3.05, 3.63) is 0 Å². The SMILES string of the molecule is C[C@H]1C[C@H]2N(C)C(=O)CC[C@]2(C)[C@H]2CC[C@]3(C)C[C@@H](C#N)C[C@H]3C12. The van der Waals surface area contributed by atoms with Crippen LogP contribution in [0.25, 0.3) is 0 Å². The zero-order chi connectivity index (χ0) is 17.3. The fourth-order valence-electron chi connectivity index (χ4n) is 7.62. The number of carbonyl (C=O) groups is 1. The Kier molecular flexibility index (Phi) is 3.58. The van der Waals surface area contributed by atoms with Gasteiger partial charge in [0.1, 0.15) is 0 Å². The van der Waals surface area contributed by atoms with E-state index < -0.39 is 0 Å². The molecule has 132 valence electrons. The molecule has 0 spiro atoms. The molecule has 3 heteroatoms. The lowest BCUT2D eigenvalue weighted by Crippen LogP contribution is -2.62. The molecule has 0 radical (unpaired) electrons. The first-order valence-corrected chi connectivity index (χ1v) is 9.95. The monoisotopic (exact) mass is 328 g/mol. The summed E-state index contributed by atoms with van der Waals surface area (Å²) in [4.78, 5) is 14.3. The molecule has 8 atom stereocenters. The van der Waals surface area contributed by atoms with Gasteiger partial charge in [-0.25, -0.2) is 0 Å². The van der Waals surface area contributed by atoms with Crippen molar-refractivity contribution in [3.8, 4) is 6.07 Å². The molecule has 0 aromatic rings. The number of hydrogen-bond acceptors (Lipinski definition) is 2. The lowest BCUT2D eigenvalue weighted by atomic mass is 9.45. The van der Waals surface area contributed by atoms with Crippen LogP contribution in [0.15, 0.2) is 0 Å². The Morgan fingerprint density at radius 1 is 1.21 bits per heavy atom. The van der Waals surface area contributed by atoms with Crippen molar-refractivity contribution < 1.29 is 4.79 Å². The van der Waals surface area contributed by atoms with Crippen LogP contribution in [0.5, 0.6) is 0 Å². The number of nitriles is 1. The Bertz CT molecular complexity index is 595. The van der Waals surface area contributed by atoms with Crippen LogP contribution in [0.2, 0.25) is 0 Å². The third kappa shape index (κ3) is 2.04. The summed E-state index contributed by atoms with van der Waals surface area (Å²) in [5.41, 5.74) is 0.668. The van der Waals surface area contributed by atoms with Gasteiger partial charge < -0.3 is 4.90 Å². The van der Waals surface area contributed by atoms with Gasteiger partial charge in [-0.3, -0.25) is 4.79 Å². The van der Waals surface area contributed by atoms with E-state index in [1.165, 1.54) is 12.8 Å². The number of nitrogens with zero attached hydrogens (tertiary/aromatic N) is 2. The second kappa shape index (κ2) is 5.23. The molecule has 4 rings (SSSR count). The second-order valence-electron chi connectivity index (χ2n) is 9.99. The van der Waals surface area contributed by atoms with Crippen molar-refractivity contribution in [2.24, 2.45) is 40.4 Å². The fourth-order valence-corrected chi connectivity index (χ4v) is 7.62. The summed E-state index contributed by atoms with van der Waals surface area (Å²) in [5, 5.41) is 9.50. The quantitative estimate of drug-likeness (QED) is 0.668. The van der Waals surface area contributed by atoms with E-state index in [1.807, 2.05) is 7.05 Å². The van der Waals surface area contributed by atoms with Crippen LogP contribution in [0, 0.1) is 51.8 Å². The molecule has 0 aromatic heterocycles. The maximum Gasteiger partial charge on any atom is 0.222 e. The molecule has 1 aliphatic heterocycles. The molecule has 0 N–H and O–H groups in total. The zero-order valence-corrected chi connectivity index (χ0v) is 15.7. The molecule has 1 unspecified atom stereocenters. The van der Waals surface area contributed by atoms with Crippen LogP contribution in [0.1, 0.15) is 65.7 Å². The van der Waals surface area contributed by atoms with Gasteiger partial charge >= 0.3 is 0 Å². The minimum Gasteiger partial charge on any atom is -0.342 e. The lowest BCUT2D eigenvalue weighted by Gasteiger charge is -2.63. The summed E-state index contributed by atoms with van der Waals surface area (Å²) in [5.74, 6) is 3.49. The van der Waals surface area contributed by atoms with E-state index in [0.29, 0.717) is 23.3 Å². The molecule has 24 heavy (non-hydrogen) atoms. The summed E-state index contributed by atoms with van der Waals surface area (Å²) in [7, 11) is 2.03. The van der Waals surface area contributed by atoms with Gasteiger partial charge in [-0.05, 0) is 73.0 Å². The van der Waals surface area contributed by atoms with E-state index >= 15 is 0 Å². The van der Waals surface area contributed by atoms with Gasteiger partial charge in [0.2, 0.25) is 5.91 Å². The number of rotatable bonds is 0. The van der Waals surface area contributed by atoms with Crippen LogP contribution in [0.3, 0.4) is 0 Å². The number of hydrogen-bond donors (Lipinski definition) is 0. The van der Waals surface area contributed by atoms with Crippen molar-refractivity contribution in [3.63, 3.8) is 0 Å². The Hall–Kier alpha value is -1.04. The Labute approximate surface area is 146 Å². The molecular formula is C21H32N2O. The molecule has 1 heterocycles. The van der Waals surface area contributed by atoms with Crippen molar-refractivity contribution in [1.29, 1.82) is 5.26 Å². The fraction of sp³-hybridized carbons (Fsp3) is 0.905. The van der Waals surface area contributed by atoms with E-state index in [2.05, 4.69) is 31.7 Å². The molecule has 1 amide bonds. The van der Waals surface area contributed by atoms with Crippen molar-refractivity contribution >= 4 is 5.91 Å². The van der Waals surface area contributed by atoms with Crippen LogP contribution < -0.4 is 0 Å². The molecule has 3 nitrogen and oxygen atoms in total. The second-order valence-corrected chi connectivity index (χ2v) is 9.99. The van der Waals surface area contributed by atoms with Crippen molar-refractivity contribution in [2.45, 2.75) is 71.8 Å². The normalized spacial score (nSPS) is 53.8. The summed E-state index contributed by atoms with van der Waals surface area (Å²) < 4.78 is 0. The largest absolute Gasteiger partial charge is 0.342 e. The number of carbonyl (C=O) groups excluding carboxylic acids is 1. The average Bonchev–Trinajstić information content (AvgIpc) is 2.90. The van der Waals surface area contributed by atoms with Gasteiger partial charge in [-0.15, -0.1) is 0 Å². The maximum atomic E-state index is 12.3. The van der Waals surface area contributed by atoms with Gasteiger partial charge in [0.25, 0.3) is 0 Å². The summed E-state index contributed by atoms with van der Waals surface area (Å²) in [6.45, 7) is 7.36. The molecule has 4 fully saturated rings. The molecule has 4 aliphatic rings. The van der Waals surface area contributed by atoms with Crippen molar-refractivity contribution in [2.75, 3.05) is 7.05 Å². The van der Waals surface area contributed by atoms with E-state index in [-0.39, 0.29) is 11.3 Å². The molecule has 0 bridgehead atoms. The Morgan fingerprint density at radius 2 is 1.96 bits per heavy atom. The summed E-state index contributed by atoms with van der Waals surface area (Å²) in [6.07, 6.45) is 7.77. The first-order chi connectivity index (χ1) is 11.3. The Morgan fingerprint density at radius 3 is 2.67 bits per heavy atom. The molecule has 3 saturated carbocycles. The minimum atomic E-state index is 0.270. The number of amides is 1. The smallest absolute Gasteiger partial charge is 0.222 e. The summed E-state index contributed by atoms with van der Waals surface area (Å²) >= 11 is 0. The van der Waals surface area contributed by atoms with Gasteiger partial charge in [-0.2, -0.15) is 5.26 Å². The third-order valence-corrected chi connectivity index (χ3v) is 8.88. The van der Waals surface area contributed by atoms with Gasteiger partial charge in [-0.1, -0.05) is 20.8 Å². The highest BCUT2D eigenvalue weighted by atomic mass is 16.2. The number of fused-ring (bicyclic) bond motifs is 5. The van der Waals surface area contributed by atoms with E-state index in [0.717, 1.165) is 49.9 Å². The highest BCUT2D eigenvalue weighted by Gasteiger charge is 2.62. The molecule has 1 saturated heterocycles. The van der Waals surface area contributed by atoms with Gasteiger partial charge in [0.05, 0.1) is 6.07 Å². The first kappa shape index (κ1) is 16.4. The molecule has 0 aromatic carbocycles. The third-order valence-electron chi connectivity index (χ3n) is 8.88. The van der Waals surface area contributed by atoms with E-state index in [1.54, 1.807) is 0 Å². The van der Waals surface area contributed by atoms with Gasteiger partial charge in [0.15, 0.2) is 0 Å². The predicted octanol–water partition coefficient (Wildman–Crippen LogP) is 4.24. The maximum absolute atomic E-state index is 12.3. The van der Waals surface area contributed by atoms with Crippen LogP contribution >= 0.6 is 0 Å². The van der Waals surface area contributed by atoms with Crippen molar-refractivity contribution in [1.82, 2.24) is 4.90 Å². The first-order valence-electron chi connectivity index (χ1n) is 9.95. The standard InChI is InChI=1S/C21H32N2O/c1-13-9-17-21(3,8-6-18(24)23(17)4)15-5-7-20(2)11-14(12-22)10-16(20)19(13)15/h13-17,19H,5-11H2,1-4H3/t13-,14-,15-,16-,17+,19?,20+,21+/m0/s1. The highest BCUT2D eigenvalue weighted by molar-refractivity contribution is 5.77. The number of likely N-dealkylation sites (tertiary alicyclic amines) is 1. The highest BCUT2D eigenvalue weighted by Crippen LogP contribution is 2.66. The van der Waals surface area contributed by atoms with Gasteiger partial charge in [0, 0.05) is 25.4 Å². The van der Waals surface area contributed by atoms with Crippen LogP contribution in [0.4, 0.5) is 0 Å². The Balaban J connectivity index is 1.69. The van der Waals surface area contributed by atoms with E-state index in [4.69, 9.17) is 0 Å². The predicted molar refractivity (Wildman–Crippen MR) is 93.8 cm³/mol. The topological polar surface area (TPSA) is 44.1 Å². The molecular weight excluding hydrogens is 296 g/mol. The summed E-state index contributed by atoms with van der Waals surface area (Å²) in [6, 6.07) is 3.01. The van der Waals surface area contributed by atoms with Crippen LogP contribution in [-0.4, -0.2) is 23.9 Å². The minimum absolute atomic E-state index is 0.270. The van der Waals surface area contributed by atoms with E-state index in [9.17, 15) is 10.1 Å². The van der Waals surface area contributed by atoms with Crippen LogP contribution in [-0.2, 0) is 4.79 Å². The lowest BCUT2D eigenvalue weighted by molar-refractivity contribution is -0.164.